The average molecular weight is 259 g/mol. The minimum Gasteiger partial charge on any atom is -0.384 e. The van der Waals surface area contributed by atoms with Gasteiger partial charge < -0.3 is 15.1 Å². The van der Waals surface area contributed by atoms with Crippen LogP contribution in [0.4, 0.5) is 5.69 Å². The summed E-state index contributed by atoms with van der Waals surface area (Å²) in [4.78, 5) is 5.00. The quantitative estimate of drug-likeness (QED) is 0.894. The van der Waals surface area contributed by atoms with Crippen LogP contribution in [0.15, 0.2) is 24.3 Å². The van der Waals surface area contributed by atoms with Crippen LogP contribution in [0.5, 0.6) is 0 Å². The van der Waals surface area contributed by atoms with Crippen molar-refractivity contribution in [1.82, 2.24) is 9.80 Å². The molecule has 2 atom stereocenters. The van der Waals surface area contributed by atoms with Crippen LogP contribution in [-0.2, 0) is 0 Å². The van der Waals surface area contributed by atoms with Crippen LogP contribution in [0.1, 0.15) is 24.3 Å². The fraction of sp³-hybridized carbons (Fsp3) is 0.625. The maximum atomic E-state index is 3.53. The molecule has 0 amide bonds. The van der Waals surface area contributed by atoms with E-state index in [9.17, 15) is 0 Å². The molecular weight excluding hydrogens is 234 g/mol. The van der Waals surface area contributed by atoms with Gasteiger partial charge in [-0.1, -0.05) is 18.2 Å². The molecule has 2 aliphatic rings. The SMILES string of the molecule is CN(C)C1CCN(CCC2CNc3ccccc32)C1. The Balaban J connectivity index is 1.52. The van der Waals surface area contributed by atoms with Gasteiger partial charge >= 0.3 is 0 Å². The number of fused-ring (bicyclic) bond motifs is 1. The fourth-order valence-corrected chi connectivity index (χ4v) is 3.39. The number of likely N-dealkylation sites (tertiary alicyclic amines) is 1. The summed E-state index contributed by atoms with van der Waals surface area (Å²) in [6.07, 6.45) is 2.61. The summed E-state index contributed by atoms with van der Waals surface area (Å²) < 4.78 is 0. The zero-order valence-corrected chi connectivity index (χ0v) is 12.1. The summed E-state index contributed by atoms with van der Waals surface area (Å²) in [6, 6.07) is 9.53. The van der Waals surface area contributed by atoms with Crippen LogP contribution >= 0.6 is 0 Å². The lowest BCUT2D eigenvalue weighted by atomic mass is 9.98. The molecule has 0 aliphatic carbocycles. The van der Waals surface area contributed by atoms with Crippen molar-refractivity contribution in [1.29, 1.82) is 0 Å². The molecule has 1 N–H and O–H groups in total. The summed E-state index contributed by atoms with van der Waals surface area (Å²) in [5.74, 6) is 0.703. The van der Waals surface area contributed by atoms with Crippen molar-refractivity contribution >= 4 is 5.69 Å². The first-order chi connectivity index (χ1) is 9.24. The van der Waals surface area contributed by atoms with Crippen molar-refractivity contribution in [3.05, 3.63) is 29.8 Å². The topological polar surface area (TPSA) is 18.5 Å². The Morgan fingerprint density at radius 1 is 1.32 bits per heavy atom. The molecule has 0 aromatic heterocycles. The Labute approximate surface area is 116 Å². The fourth-order valence-electron chi connectivity index (χ4n) is 3.39. The second-order valence-electron chi connectivity index (χ2n) is 6.16. The molecule has 0 radical (unpaired) electrons. The predicted octanol–water partition coefficient (Wildman–Crippen LogP) is 2.22. The lowest BCUT2D eigenvalue weighted by Gasteiger charge is -2.21. The minimum absolute atomic E-state index is 0.703. The molecule has 19 heavy (non-hydrogen) atoms. The van der Waals surface area contributed by atoms with Gasteiger partial charge in [0.15, 0.2) is 0 Å². The molecule has 2 heterocycles. The van der Waals surface area contributed by atoms with Crippen LogP contribution in [0, 0.1) is 0 Å². The molecule has 3 nitrogen and oxygen atoms in total. The molecular formula is C16H25N3. The van der Waals surface area contributed by atoms with Crippen molar-refractivity contribution in [2.75, 3.05) is 45.6 Å². The van der Waals surface area contributed by atoms with Gasteiger partial charge in [-0.25, -0.2) is 0 Å². The molecule has 104 valence electrons. The van der Waals surface area contributed by atoms with Crippen LogP contribution < -0.4 is 5.32 Å². The summed E-state index contributed by atoms with van der Waals surface area (Å²) in [6.45, 7) is 4.87. The van der Waals surface area contributed by atoms with Crippen LogP contribution in [0.25, 0.3) is 0 Å². The number of nitrogens with one attached hydrogen (secondary N) is 1. The molecule has 0 bridgehead atoms. The molecule has 1 aromatic rings. The number of benzene rings is 1. The molecule has 2 unspecified atom stereocenters. The van der Waals surface area contributed by atoms with E-state index >= 15 is 0 Å². The highest BCUT2D eigenvalue weighted by Gasteiger charge is 2.26. The smallest absolute Gasteiger partial charge is 0.0376 e. The van der Waals surface area contributed by atoms with Gasteiger partial charge in [-0.2, -0.15) is 0 Å². The van der Waals surface area contributed by atoms with Crippen molar-refractivity contribution < 1.29 is 0 Å². The van der Waals surface area contributed by atoms with E-state index in [0.29, 0.717) is 5.92 Å². The molecule has 1 aromatic carbocycles. The monoisotopic (exact) mass is 259 g/mol. The summed E-state index contributed by atoms with van der Waals surface area (Å²) in [5.41, 5.74) is 2.87. The first kappa shape index (κ1) is 12.9. The van der Waals surface area contributed by atoms with Crippen molar-refractivity contribution in [3.8, 4) is 0 Å². The Kier molecular flexibility index (Phi) is 3.76. The summed E-state index contributed by atoms with van der Waals surface area (Å²) in [7, 11) is 4.40. The van der Waals surface area contributed by atoms with Gasteiger partial charge in [0.05, 0.1) is 0 Å². The van der Waals surface area contributed by atoms with Crippen LogP contribution in [0.2, 0.25) is 0 Å². The molecule has 3 rings (SSSR count). The van der Waals surface area contributed by atoms with Gasteiger partial charge in [0, 0.05) is 30.7 Å². The Morgan fingerprint density at radius 2 is 2.16 bits per heavy atom. The number of hydrogen-bond acceptors (Lipinski definition) is 3. The highest BCUT2D eigenvalue weighted by atomic mass is 15.2. The number of para-hydroxylation sites is 1. The molecule has 2 aliphatic heterocycles. The first-order valence-electron chi connectivity index (χ1n) is 7.45. The second-order valence-corrected chi connectivity index (χ2v) is 6.16. The van der Waals surface area contributed by atoms with Gasteiger partial charge in [-0.15, -0.1) is 0 Å². The van der Waals surface area contributed by atoms with Gasteiger partial charge in [0.2, 0.25) is 0 Å². The van der Waals surface area contributed by atoms with E-state index in [2.05, 4.69) is 53.5 Å². The number of nitrogens with zero attached hydrogens (tertiary/aromatic N) is 2. The third-order valence-corrected chi connectivity index (χ3v) is 4.71. The van der Waals surface area contributed by atoms with Crippen molar-refractivity contribution in [2.45, 2.75) is 24.8 Å². The highest BCUT2D eigenvalue weighted by Crippen LogP contribution is 2.33. The van der Waals surface area contributed by atoms with Gasteiger partial charge in [-0.3, -0.25) is 0 Å². The van der Waals surface area contributed by atoms with E-state index in [1.807, 2.05) is 0 Å². The van der Waals surface area contributed by atoms with E-state index in [0.717, 1.165) is 12.6 Å². The van der Waals surface area contributed by atoms with E-state index in [1.165, 1.54) is 43.7 Å². The molecule has 3 heteroatoms. The normalized spacial score (nSPS) is 26.7. The molecule has 0 saturated carbocycles. The van der Waals surface area contributed by atoms with Gasteiger partial charge in [0.25, 0.3) is 0 Å². The minimum atomic E-state index is 0.703. The Bertz CT molecular complexity index is 430. The van der Waals surface area contributed by atoms with Crippen molar-refractivity contribution in [3.63, 3.8) is 0 Å². The zero-order chi connectivity index (χ0) is 13.2. The maximum absolute atomic E-state index is 3.53. The number of likely N-dealkylation sites (N-methyl/N-ethyl adjacent to an activating group) is 1. The standard InChI is InChI=1S/C16H25N3/c1-18(2)14-8-10-19(12-14)9-7-13-11-17-16-6-4-3-5-15(13)16/h3-6,13-14,17H,7-12H2,1-2H3. The van der Waals surface area contributed by atoms with Crippen molar-refractivity contribution in [2.24, 2.45) is 0 Å². The van der Waals surface area contributed by atoms with Gasteiger partial charge in [-0.05, 0) is 51.7 Å². The first-order valence-corrected chi connectivity index (χ1v) is 7.45. The summed E-state index contributed by atoms with van der Waals surface area (Å²) >= 11 is 0. The molecule has 1 saturated heterocycles. The third kappa shape index (κ3) is 2.77. The number of rotatable bonds is 4. The lowest BCUT2D eigenvalue weighted by Crippen LogP contribution is -2.32. The number of anilines is 1. The lowest BCUT2D eigenvalue weighted by molar-refractivity contribution is 0.264. The average Bonchev–Trinajstić information content (AvgIpc) is 3.03. The van der Waals surface area contributed by atoms with Crippen LogP contribution in [0.3, 0.4) is 0 Å². The van der Waals surface area contributed by atoms with Gasteiger partial charge in [0.1, 0.15) is 0 Å². The second kappa shape index (κ2) is 5.51. The number of hydrogen-bond donors (Lipinski definition) is 1. The van der Waals surface area contributed by atoms with E-state index in [-0.39, 0.29) is 0 Å². The zero-order valence-electron chi connectivity index (χ0n) is 12.1. The Morgan fingerprint density at radius 3 is 2.95 bits per heavy atom. The summed E-state index contributed by atoms with van der Waals surface area (Å²) in [5, 5.41) is 3.53. The van der Waals surface area contributed by atoms with Crippen LogP contribution in [-0.4, -0.2) is 56.1 Å². The maximum Gasteiger partial charge on any atom is 0.0376 e. The third-order valence-electron chi connectivity index (χ3n) is 4.71. The highest BCUT2D eigenvalue weighted by molar-refractivity contribution is 5.57. The molecule has 0 spiro atoms. The molecule has 1 fully saturated rings. The largest absolute Gasteiger partial charge is 0.384 e. The predicted molar refractivity (Wildman–Crippen MR) is 80.8 cm³/mol. The Hall–Kier alpha value is -1.06. The van der Waals surface area contributed by atoms with E-state index < -0.39 is 0 Å². The van der Waals surface area contributed by atoms with E-state index in [1.54, 1.807) is 0 Å². The van der Waals surface area contributed by atoms with E-state index in [4.69, 9.17) is 0 Å².